The van der Waals surface area contributed by atoms with Gasteiger partial charge in [0, 0.05) is 44.7 Å². The van der Waals surface area contributed by atoms with Crippen molar-refractivity contribution in [2.45, 2.75) is 25.7 Å². The van der Waals surface area contributed by atoms with Crippen molar-refractivity contribution in [3.05, 3.63) is 23.8 Å². The summed E-state index contributed by atoms with van der Waals surface area (Å²) in [6.45, 7) is 2.61. The number of nitrogens with zero attached hydrogens (tertiary/aromatic N) is 3. The molecule has 3 aliphatic rings. The number of ether oxygens (including phenoxy) is 1. The number of benzene rings is 1. The molecule has 1 saturated carbocycles. The fraction of sp³-hybridized carbons (Fsp3) is 0.550. The van der Waals surface area contributed by atoms with E-state index in [4.69, 9.17) is 4.74 Å². The first kappa shape index (κ1) is 17.8. The Bertz CT molecular complexity index is 766. The Kier molecular flexibility index (Phi) is 4.76. The second-order valence-corrected chi connectivity index (χ2v) is 7.48. The lowest BCUT2D eigenvalue weighted by atomic mass is 9.84. The van der Waals surface area contributed by atoms with E-state index >= 15 is 0 Å². The Labute approximate surface area is 158 Å². The van der Waals surface area contributed by atoms with E-state index < -0.39 is 0 Å². The minimum atomic E-state index is -0.0707. The van der Waals surface area contributed by atoms with Crippen molar-refractivity contribution >= 4 is 23.4 Å². The molecule has 2 aliphatic heterocycles. The zero-order valence-electron chi connectivity index (χ0n) is 15.6. The van der Waals surface area contributed by atoms with Gasteiger partial charge in [-0.1, -0.05) is 6.42 Å². The van der Waals surface area contributed by atoms with Crippen LogP contribution in [0.3, 0.4) is 0 Å². The van der Waals surface area contributed by atoms with Gasteiger partial charge in [-0.3, -0.25) is 14.4 Å². The van der Waals surface area contributed by atoms with Gasteiger partial charge in [0.05, 0.1) is 18.7 Å². The molecule has 2 heterocycles. The molecule has 3 amide bonds. The molecule has 7 heteroatoms. The van der Waals surface area contributed by atoms with Gasteiger partial charge in [-0.25, -0.2) is 0 Å². The number of carbonyl (C=O) groups excluding carboxylic acids is 3. The van der Waals surface area contributed by atoms with Crippen LogP contribution >= 0.6 is 0 Å². The van der Waals surface area contributed by atoms with E-state index in [1.165, 1.54) is 0 Å². The highest BCUT2D eigenvalue weighted by atomic mass is 16.5. The third-order valence-electron chi connectivity index (χ3n) is 5.85. The standard InChI is InChI=1S/C20H25N3O4/c1-21-16-13-15(5-6-17(16)27-12-7-18(21)24)20(26)23-10-8-22(9-11-23)19(25)14-3-2-4-14/h5-6,13-14H,2-4,7-12H2,1H3. The minimum Gasteiger partial charge on any atom is -0.491 e. The zero-order valence-corrected chi connectivity index (χ0v) is 15.6. The second kappa shape index (κ2) is 7.21. The van der Waals surface area contributed by atoms with Crippen molar-refractivity contribution in [1.29, 1.82) is 0 Å². The van der Waals surface area contributed by atoms with Crippen molar-refractivity contribution in [2.75, 3.05) is 44.7 Å². The highest BCUT2D eigenvalue weighted by Gasteiger charge is 2.32. The molecule has 1 aromatic rings. The highest BCUT2D eigenvalue weighted by Crippen LogP contribution is 2.32. The molecule has 4 rings (SSSR count). The summed E-state index contributed by atoms with van der Waals surface area (Å²) in [5.74, 6) is 0.969. The van der Waals surface area contributed by atoms with Crippen LogP contribution in [0.25, 0.3) is 0 Å². The van der Waals surface area contributed by atoms with Crippen LogP contribution in [0.4, 0.5) is 5.69 Å². The summed E-state index contributed by atoms with van der Waals surface area (Å²) in [5.41, 5.74) is 1.17. The first-order chi connectivity index (χ1) is 13.0. The van der Waals surface area contributed by atoms with Crippen LogP contribution in [0.2, 0.25) is 0 Å². The van der Waals surface area contributed by atoms with E-state index in [1.54, 1.807) is 35.0 Å². The molecule has 1 aliphatic carbocycles. The van der Waals surface area contributed by atoms with Crippen LogP contribution in [0.5, 0.6) is 5.75 Å². The lowest BCUT2D eigenvalue weighted by Crippen LogP contribution is -2.52. The van der Waals surface area contributed by atoms with Gasteiger partial charge in [-0.05, 0) is 31.0 Å². The molecule has 1 saturated heterocycles. The van der Waals surface area contributed by atoms with Crippen molar-refractivity contribution in [3.63, 3.8) is 0 Å². The fourth-order valence-corrected chi connectivity index (χ4v) is 3.81. The summed E-state index contributed by atoms with van der Waals surface area (Å²) in [7, 11) is 1.70. The number of fused-ring (bicyclic) bond motifs is 1. The normalized spacial score (nSPS) is 20.5. The lowest BCUT2D eigenvalue weighted by Gasteiger charge is -2.38. The Morgan fingerprint density at radius 3 is 2.44 bits per heavy atom. The summed E-state index contributed by atoms with van der Waals surface area (Å²) >= 11 is 0. The first-order valence-electron chi connectivity index (χ1n) is 9.66. The van der Waals surface area contributed by atoms with Crippen LogP contribution in [0.1, 0.15) is 36.0 Å². The van der Waals surface area contributed by atoms with Gasteiger partial charge in [-0.15, -0.1) is 0 Å². The number of amides is 3. The summed E-state index contributed by atoms with van der Waals surface area (Å²) in [4.78, 5) is 42.6. The molecule has 2 fully saturated rings. The van der Waals surface area contributed by atoms with Crippen molar-refractivity contribution in [2.24, 2.45) is 5.92 Å². The van der Waals surface area contributed by atoms with Crippen LogP contribution < -0.4 is 9.64 Å². The van der Waals surface area contributed by atoms with Crippen LogP contribution in [0, 0.1) is 5.92 Å². The van der Waals surface area contributed by atoms with Gasteiger partial charge in [0.15, 0.2) is 0 Å². The molecule has 7 nitrogen and oxygen atoms in total. The summed E-state index contributed by atoms with van der Waals surface area (Å²) in [5, 5.41) is 0. The highest BCUT2D eigenvalue weighted by molar-refractivity contribution is 5.99. The largest absolute Gasteiger partial charge is 0.491 e. The number of rotatable bonds is 2. The molecule has 0 bridgehead atoms. The Hall–Kier alpha value is -2.57. The summed E-state index contributed by atoms with van der Waals surface area (Å²) in [6.07, 6.45) is 3.47. The average molecular weight is 371 g/mol. The van der Waals surface area contributed by atoms with E-state index in [0.29, 0.717) is 56.2 Å². The van der Waals surface area contributed by atoms with Crippen LogP contribution in [-0.2, 0) is 9.59 Å². The van der Waals surface area contributed by atoms with E-state index in [1.807, 2.05) is 4.90 Å². The maximum Gasteiger partial charge on any atom is 0.254 e. The van der Waals surface area contributed by atoms with E-state index in [-0.39, 0.29) is 23.6 Å². The van der Waals surface area contributed by atoms with Gasteiger partial charge < -0.3 is 19.4 Å². The predicted octanol–water partition coefficient (Wildman–Crippen LogP) is 1.52. The Balaban J connectivity index is 1.44. The molecule has 27 heavy (non-hydrogen) atoms. The maximum absolute atomic E-state index is 12.9. The molecule has 0 unspecified atom stereocenters. The SMILES string of the molecule is CN1C(=O)CCOc2ccc(C(=O)N3CCN(C(=O)C4CCC4)CC3)cc21. The molecule has 0 atom stereocenters. The topological polar surface area (TPSA) is 70.2 Å². The van der Waals surface area contributed by atoms with Gasteiger partial charge in [0.1, 0.15) is 5.75 Å². The van der Waals surface area contributed by atoms with Gasteiger partial charge in [0.25, 0.3) is 5.91 Å². The van der Waals surface area contributed by atoms with Gasteiger partial charge in [-0.2, -0.15) is 0 Å². The molecule has 144 valence electrons. The maximum atomic E-state index is 12.9. The molecule has 0 N–H and O–H groups in total. The van der Waals surface area contributed by atoms with Crippen LogP contribution in [0.15, 0.2) is 18.2 Å². The quantitative estimate of drug-likeness (QED) is 0.790. The number of anilines is 1. The average Bonchev–Trinajstić information content (AvgIpc) is 2.78. The van der Waals surface area contributed by atoms with Gasteiger partial charge >= 0.3 is 0 Å². The van der Waals surface area contributed by atoms with E-state index in [0.717, 1.165) is 19.3 Å². The Morgan fingerprint density at radius 2 is 1.78 bits per heavy atom. The second-order valence-electron chi connectivity index (χ2n) is 7.48. The third kappa shape index (κ3) is 3.38. The zero-order chi connectivity index (χ0) is 19.0. The predicted molar refractivity (Wildman–Crippen MR) is 99.8 cm³/mol. The summed E-state index contributed by atoms with van der Waals surface area (Å²) < 4.78 is 5.62. The first-order valence-corrected chi connectivity index (χ1v) is 9.66. The minimum absolute atomic E-state index is 0.0264. The molecule has 0 radical (unpaired) electrons. The number of piperazine rings is 1. The van der Waals surface area contributed by atoms with E-state index in [2.05, 4.69) is 0 Å². The monoisotopic (exact) mass is 371 g/mol. The third-order valence-corrected chi connectivity index (χ3v) is 5.85. The molecule has 0 spiro atoms. The molecule has 0 aromatic heterocycles. The lowest BCUT2D eigenvalue weighted by molar-refractivity contribution is -0.139. The number of hydrogen-bond donors (Lipinski definition) is 0. The smallest absolute Gasteiger partial charge is 0.254 e. The molecule has 1 aromatic carbocycles. The molecular formula is C20H25N3O4. The van der Waals surface area contributed by atoms with Gasteiger partial charge in [0.2, 0.25) is 11.8 Å². The Morgan fingerprint density at radius 1 is 1.07 bits per heavy atom. The van der Waals surface area contributed by atoms with Crippen molar-refractivity contribution in [1.82, 2.24) is 9.80 Å². The van der Waals surface area contributed by atoms with Crippen LogP contribution in [-0.4, -0.2) is 67.4 Å². The van der Waals surface area contributed by atoms with Crippen molar-refractivity contribution in [3.8, 4) is 5.75 Å². The fourth-order valence-electron chi connectivity index (χ4n) is 3.81. The van der Waals surface area contributed by atoms with Crippen molar-refractivity contribution < 1.29 is 19.1 Å². The van der Waals surface area contributed by atoms with E-state index in [9.17, 15) is 14.4 Å². The number of hydrogen-bond acceptors (Lipinski definition) is 4. The molecular weight excluding hydrogens is 346 g/mol. The summed E-state index contributed by atoms with van der Waals surface area (Å²) in [6, 6.07) is 5.23. The number of carbonyl (C=O) groups is 3.